The highest BCUT2D eigenvalue weighted by Crippen LogP contribution is 2.16. The summed E-state index contributed by atoms with van der Waals surface area (Å²) in [4.78, 5) is 0. The lowest BCUT2D eigenvalue weighted by atomic mass is 10.0. The molecule has 0 bridgehead atoms. The Morgan fingerprint density at radius 3 is 1.08 bits per heavy atom. The van der Waals surface area contributed by atoms with Crippen LogP contribution < -0.4 is 0 Å². The number of rotatable bonds is 29. The Bertz CT molecular complexity index is 578. The molecule has 0 radical (unpaired) electrons. The van der Waals surface area contributed by atoms with E-state index in [9.17, 15) is 0 Å². The minimum absolute atomic E-state index is 1.24. The Balaban J connectivity index is 1.76. The number of hydrogen-bond acceptors (Lipinski definition) is 0. The highest BCUT2D eigenvalue weighted by atomic mass is 15.3. The number of quaternary nitrogens is 1. The predicted octanol–water partition coefficient (Wildman–Crippen LogP) is 12.1. The molecule has 0 unspecified atom stereocenters. The Kier molecular flexibility index (Phi) is 24.5. The molecule has 0 saturated heterocycles. The van der Waals surface area contributed by atoms with E-state index in [4.69, 9.17) is 0 Å². The van der Waals surface area contributed by atoms with Crippen molar-refractivity contribution in [1.29, 1.82) is 0 Å². The van der Waals surface area contributed by atoms with Gasteiger partial charge in [0.05, 0.1) is 27.2 Å². The van der Waals surface area contributed by atoms with Crippen LogP contribution >= 0.6 is 0 Å². The number of unbranched alkanes of at least 4 members (excludes halogenated alkanes) is 23. The first-order valence-electron chi connectivity index (χ1n) is 17.5. The SMILES string of the molecule is CCCCCCCCCCCCCC[N+](C)(C)CCCCCCCCCCCCCCCc1ccccc1. The van der Waals surface area contributed by atoms with Crippen LogP contribution in [0.15, 0.2) is 30.3 Å². The molecule has 1 heteroatoms. The molecule has 0 amide bonds. The highest BCUT2D eigenvalue weighted by molar-refractivity contribution is 5.14. The predicted molar refractivity (Wildman–Crippen MR) is 173 cm³/mol. The van der Waals surface area contributed by atoms with E-state index >= 15 is 0 Å². The van der Waals surface area contributed by atoms with Gasteiger partial charge in [-0.3, -0.25) is 0 Å². The molecule has 0 aliphatic heterocycles. The third kappa shape index (κ3) is 24.2. The van der Waals surface area contributed by atoms with Gasteiger partial charge in [-0.25, -0.2) is 0 Å². The molecule has 0 aromatic heterocycles. The van der Waals surface area contributed by atoms with Crippen LogP contribution in [0.1, 0.15) is 173 Å². The fraction of sp³-hybridized carbons (Fsp3) is 0.838. The molecule has 222 valence electrons. The molecule has 0 spiro atoms. The monoisotopic (exact) mass is 529 g/mol. The number of nitrogens with zero attached hydrogens (tertiary/aromatic N) is 1. The number of hydrogen-bond donors (Lipinski definition) is 0. The fourth-order valence-electron chi connectivity index (χ4n) is 5.95. The zero-order valence-corrected chi connectivity index (χ0v) is 26.6. The van der Waals surface area contributed by atoms with Crippen molar-refractivity contribution >= 4 is 0 Å². The molecule has 0 aliphatic carbocycles. The van der Waals surface area contributed by atoms with Gasteiger partial charge in [-0.1, -0.05) is 166 Å². The zero-order chi connectivity index (χ0) is 27.4. The Morgan fingerprint density at radius 2 is 0.711 bits per heavy atom. The topological polar surface area (TPSA) is 0 Å². The lowest BCUT2D eigenvalue weighted by Gasteiger charge is -2.30. The van der Waals surface area contributed by atoms with Crippen molar-refractivity contribution in [2.45, 2.75) is 174 Å². The van der Waals surface area contributed by atoms with E-state index in [1.54, 1.807) is 0 Å². The summed E-state index contributed by atoms with van der Waals surface area (Å²) in [5, 5.41) is 0. The maximum absolute atomic E-state index is 2.46. The van der Waals surface area contributed by atoms with Gasteiger partial charge in [-0.15, -0.1) is 0 Å². The average molecular weight is 529 g/mol. The quantitative estimate of drug-likeness (QED) is 0.0716. The smallest absolute Gasteiger partial charge is 0.0782 e. The molecular weight excluding hydrogens is 458 g/mol. The van der Waals surface area contributed by atoms with Crippen molar-refractivity contribution in [3.8, 4) is 0 Å². The van der Waals surface area contributed by atoms with Crippen LogP contribution in [0.4, 0.5) is 0 Å². The normalized spacial score (nSPS) is 11.9. The number of benzene rings is 1. The lowest BCUT2D eigenvalue weighted by molar-refractivity contribution is -0.890. The van der Waals surface area contributed by atoms with E-state index in [0.717, 1.165) is 0 Å². The molecule has 0 aliphatic rings. The van der Waals surface area contributed by atoms with Gasteiger partial charge in [0.2, 0.25) is 0 Å². The van der Waals surface area contributed by atoms with E-state index in [-0.39, 0.29) is 0 Å². The summed E-state index contributed by atoms with van der Waals surface area (Å²) >= 11 is 0. The summed E-state index contributed by atoms with van der Waals surface area (Å²) in [6.07, 6.45) is 37.5. The molecule has 1 aromatic rings. The minimum Gasteiger partial charge on any atom is -0.328 e. The second kappa shape index (κ2) is 26.4. The highest BCUT2D eigenvalue weighted by Gasteiger charge is 2.13. The molecule has 0 atom stereocenters. The minimum atomic E-state index is 1.24. The average Bonchev–Trinajstić information content (AvgIpc) is 2.92. The summed E-state index contributed by atoms with van der Waals surface area (Å²) in [6.45, 7) is 5.06. The van der Waals surface area contributed by atoms with Crippen molar-refractivity contribution in [2.75, 3.05) is 27.2 Å². The van der Waals surface area contributed by atoms with Gasteiger partial charge in [-0.05, 0) is 44.1 Å². The van der Waals surface area contributed by atoms with Gasteiger partial charge in [0.15, 0.2) is 0 Å². The Labute approximate surface area is 241 Å². The van der Waals surface area contributed by atoms with Crippen LogP contribution in [0.3, 0.4) is 0 Å². The third-order valence-electron chi connectivity index (χ3n) is 8.69. The standard InChI is InChI=1S/C37H70N/c1-4-5-6-7-8-9-10-15-18-21-24-30-35-38(2,3)36-31-25-22-19-16-13-11-12-14-17-20-23-27-32-37-33-28-26-29-34-37/h26,28-29,33-34H,4-25,27,30-32,35-36H2,1-3H3/q+1. The van der Waals surface area contributed by atoms with Crippen LogP contribution in [0, 0.1) is 0 Å². The molecule has 0 N–H and O–H groups in total. The zero-order valence-electron chi connectivity index (χ0n) is 26.6. The summed E-state index contributed by atoms with van der Waals surface area (Å²) in [5.41, 5.74) is 1.50. The van der Waals surface area contributed by atoms with Gasteiger partial charge in [-0.2, -0.15) is 0 Å². The second-order valence-corrected chi connectivity index (χ2v) is 13.1. The second-order valence-electron chi connectivity index (χ2n) is 13.1. The molecular formula is C37H70N+. The van der Waals surface area contributed by atoms with E-state index in [2.05, 4.69) is 51.4 Å². The Hall–Kier alpha value is -0.820. The Morgan fingerprint density at radius 1 is 0.395 bits per heavy atom. The van der Waals surface area contributed by atoms with Gasteiger partial charge >= 0.3 is 0 Å². The van der Waals surface area contributed by atoms with Crippen LogP contribution in [-0.2, 0) is 6.42 Å². The van der Waals surface area contributed by atoms with E-state index < -0.39 is 0 Å². The maximum Gasteiger partial charge on any atom is 0.0782 e. The summed E-state index contributed by atoms with van der Waals surface area (Å²) in [7, 11) is 4.92. The summed E-state index contributed by atoms with van der Waals surface area (Å²) in [6, 6.07) is 11.0. The first-order chi connectivity index (χ1) is 18.6. The van der Waals surface area contributed by atoms with Crippen molar-refractivity contribution in [2.24, 2.45) is 0 Å². The van der Waals surface area contributed by atoms with Crippen LogP contribution in [0.5, 0.6) is 0 Å². The molecule has 0 saturated carbocycles. The first-order valence-corrected chi connectivity index (χ1v) is 17.5. The van der Waals surface area contributed by atoms with Crippen molar-refractivity contribution < 1.29 is 4.48 Å². The van der Waals surface area contributed by atoms with Crippen LogP contribution in [0.25, 0.3) is 0 Å². The van der Waals surface area contributed by atoms with Crippen LogP contribution in [-0.4, -0.2) is 31.7 Å². The van der Waals surface area contributed by atoms with Crippen molar-refractivity contribution in [3.63, 3.8) is 0 Å². The van der Waals surface area contributed by atoms with E-state index in [1.165, 1.54) is 190 Å². The number of aryl methyl sites for hydroxylation is 1. The summed E-state index contributed by atoms with van der Waals surface area (Å²) < 4.78 is 1.24. The van der Waals surface area contributed by atoms with E-state index in [0.29, 0.717) is 0 Å². The van der Waals surface area contributed by atoms with Crippen LogP contribution in [0.2, 0.25) is 0 Å². The van der Waals surface area contributed by atoms with Gasteiger partial charge in [0.25, 0.3) is 0 Å². The van der Waals surface area contributed by atoms with Crippen molar-refractivity contribution in [3.05, 3.63) is 35.9 Å². The maximum atomic E-state index is 2.46. The molecule has 0 fully saturated rings. The lowest BCUT2D eigenvalue weighted by Crippen LogP contribution is -2.41. The molecule has 38 heavy (non-hydrogen) atoms. The third-order valence-corrected chi connectivity index (χ3v) is 8.69. The molecule has 0 heterocycles. The van der Waals surface area contributed by atoms with Gasteiger partial charge < -0.3 is 4.48 Å². The van der Waals surface area contributed by atoms with Crippen molar-refractivity contribution in [1.82, 2.24) is 0 Å². The molecule has 1 nitrogen and oxygen atoms in total. The van der Waals surface area contributed by atoms with Gasteiger partial charge in [0.1, 0.15) is 0 Å². The molecule has 1 aromatic carbocycles. The van der Waals surface area contributed by atoms with E-state index in [1.807, 2.05) is 0 Å². The first kappa shape index (κ1) is 35.2. The largest absolute Gasteiger partial charge is 0.328 e. The van der Waals surface area contributed by atoms with Gasteiger partial charge in [0, 0.05) is 0 Å². The fourth-order valence-corrected chi connectivity index (χ4v) is 5.95. The summed E-state index contributed by atoms with van der Waals surface area (Å²) in [5.74, 6) is 0. The molecule has 1 rings (SSSR count).